The van der Waals surface area contributed by atoms with Crippen molar-refractivity contribution < 1.29 is 48.8 Å². The molecule has 1 aliphatic carbocycles. The van der Waals surface area contributed by atoms with Crippen LogP contribution in [0.15, 0.2) is 125 Å². The van der Waals surface area contributed by atoms with Crippen molar-refractivity contribution >= 4 is 52.8 Å². The number of anilines is 3. The number of carbonyl (C=O) groups excluding carboxylic acids is 3. The number of carboxylic acids is 3. The molecular weight excluding hydrogens is 1290 g/mol. The van der Waals surface area contributed by atoms with Crippen molar-refractivity contribution in [2.45, 2.75) is 200 Å². The summed E-state index contributed by atoms with van der Waals surface area (Å²) in [6.07, 6.45) is 15.5. The van der Waals surface area contributed by atoms with E-state index < -0.39 is 96.4 Å². The van der Waals surface area contributed by atoms with Gasteiger partial charge in [-0.15, -0.1) is 0 Å². The van der Waals surface area contributed by atoms with Gasteiger partial charge in [-0.25, -0.2) is 4.98 Å². The van der Waals surface area contributed by atoms with Crippen LogP contribution in [-0.4, -0.2) is 124 Å². The molecule has 3 amide bonds. The number of hydrogen-bond acceptors (Lipinski definition) is 16. The minimum Gasteiger partial charge on any atom is -0.481 e. The molecule has 0 radical (unpaired) electrons. The Hall–Kier alpha value is -9.52. The van der Waals surface area contributed by atoms with Gasteiger partial charge >= 0.3 is 17.9 Å². The second kappa shape index (κ2) is 32.4. The average molecular weight is 1390 g/mol. The Morgan fingerprint density at radius 2 is 0.970 bits per heavy atom. The molecule has 2 unspecified atom stereocenters. The number of ether oxygens (including phenoxy) is 1. The molecule has 0 bridgehead atoms. The maximum atomic E-state index is 14.8. The minimum atomic E-state index is -1.17. The monoisotopic (exact) mass is 1390 g/mol. The molecule has 0 spiro atoms. The van der Waals surface area contributed by atoms with Gasteiger partial charge in [-0.1, -0.05) is 41.5 Å². The van der Waals surface area contributed by atoms with Gasteiger partial charge in [0, 0.05) is 99.6 Å². The van der Waals surface area contributed by atoms with Crippen molar-refractivity contribution in [3.63, 3.8) is 0 Å². The molecule has 4 fully saturated rings. The van der Waals surface area contributed by atoms with E-state index in [1.165, 1.54) is 38.2 Å². The maximum Gasteiger partial charge on any atom is 0.305 e. The summed E-state index contributed by atoms with van der Waals surface area (Å²) in [5, 5.41) is 39.4. The predicted octanol–water partition coefficient (Wildman–Crippen LogP) is 9.40. The van der Waals surface area contributed by atoms with E-state index in [2.05, 4.69) is 54.5 Å². The standard InChI is InChI=1S/C76H98N12O13/c1-43(2)23-63(85-20-16-46(7)26-68(85)89)75(99)81-61(33-72(94)95)54-27-56(37-77-35-54)83-39-49(10)101-66(42-83)53-18-22-87(70(91)31-53)65(25-45(5)6)76(100)82-62(34-73(96)97)55-28-57(38-78-36-55)84-40-58(50-13-14-50)59(41-84)51-17-21-86(69(90)30-51)64(24-44(3)4)74(98)80-60(32-71(92)93)52-15-19-79-67(29-52)88-47(8)11-12-48(88)9/h15-22,26-31,35-38,43-45,47-50,58-66H,11-14,23-25,32-34,39-42H2,1-10H3,(H,80,98)(H,81,99)(H,82,100)(H,92,93)(H,94,95)(H,96,97)/t47-,48+,49-,58+,59?,60+,61+,62+,63+,64+,65?,66-/m1/s1. The van der Waals surface area contributed by atoms with E-state index in [1.54, 1.807) is 74.4 Å². The quantitative estimate of drug-likeness (QED) is 0.0244. The minimum absolute atomic E-state index is 0.00274. The van der Waals surface area contributed by atoms with Crippen molar-refractivity contribution in [2.24, 2.45) is 29.6 Å². The van der Waals surface area contributed by atoms with Crippen molar-refractivity contribution in [3.05, 3.63) is 175 Å². The smallest absolute Gasteiger partial charge is 0.305 e. The van der Waals surface area contributed by atoms with Crippen molar-refractivity contribution in [3.8, 4) is 0 Å². The first kappa shape index (κ1) is 74.2. The number of rotatable bonds is 30. The molecule has 25 nitrogen and oxygen atoms in total. The third-order valence-corrected chi connectivity index (χ3v) is 20.2. The van der Waals surface area contributed by atoms with Crippen LogP contribution in [0.2, 0.25) is 0 Å². The van der Waals surface area contributed by atoms with Gasteiger partial charge in [-0.3, -0.25) is 53.1 Å². The fourth-order valence-electron chi connectivity index (χ4n) is 15.1. The molecule has 12 atom stereocenters. The third kappa shape index (κ3) is 18.5. The number of hydrogen-bond donors (Lipinski definition) is 6. The van der Waals surface area contributed by atoms with Gasteiger partial charge in [0.1, 0.15) is 30.0 Å². The molecule has 101 heavy (non-hydrogen) atoms. The van der Waals surface area contributed by atoms with Gasteiger partial charge in [-0.05, 0) is 178 Å². The van der Waals surface area contributed by atoms with Crippen LogP contribution in [0.4, 0.5) is 17.2 Å². The zero-order chi connectivity index (χ0) is 72.7. The van der Waals surface area contributed by atoms with Gasteiger partial charge in [0.05, 0.1) is 67.3 Å². The van der Waals surface area contributed by atoms with E-state index >= 15 is 0 Å². The van der Waals surface area contributed by atoms with E-state index in [-0.39, 0.29) is 78.3 Å². The number of morpholine rings is 1. The Morgan fingerprint density at radius 1 is 0.525 bits per heavy atom. The molecule has 4 aliphatic rings. The molecule has 25 heteroatoms. The van der Waals surface area contributed by atoms with E-state index in [1.807, 2.05) is 71.6 Å². The molecule has 0 aromatic carbocycles. The number of carboxylic acid groups (broad SMARTS) is 3. The summed E-state index contributed by atoms with van der Waals surface area (Å²) in [6, 6.07) is 11.7. The summed E-state index contributed by atoms with van der Waals surface area (Å²) in [4.78, 5) is 143. The van der Waals surface area contributed by atoms with E-state index in [9.17, 15) is 58.5 Å². The number of amides is 3. The lowest BCUT2D eigenvalue weighted by molar-refractivity contribution is -0.139. The van der Waals surface area contributed by atoms with Crippen molar-refractivity contribution in [1.82, 2.24) is 44.6 Å². The Labute approximate surface area is 588 Å². The van der Waals surface area contributed by atoms with E-state index in [0.29, 0.717) is 72.0 Å². The predicted molar refractivity (Wildman–Crippen MR) is 382 cm³/mol. The highest BCUT2D eigenvalue weighted by Gasteiger charge is 2.44. The Bertz CT molecular complexity index is 4160. The SMILES string of the molecule is Cc1ccn([C@@H](CC(C)C)C(=O)N[C@@H](CC(=O)O)c2cncc(N3C[C@@H](C)O[C@@H](c4ccn(C(CC(C)C)C(=O)N[C@@H](CC(=O)O)c5cncc(N6CC(c7ccn([C@@H](CC(C)C)C(=O)N[C@@H](CC(=O)O)c8ccnc(N9[C@H](C)CC[C@@H]9C)c8)c(=O)c7)[C@H](C7CC7)C6)c5)c(=O)c4)C3)c2)c(=O)c1. The van der Waals surface area contributed by atoms with Gasteiger partial charge < -0.3 is 64.4 Å². The van der Waals surface area contributed by atoms with Crippen LogP contribution >= 0.6 is 0 Å². The second-order valence-electron chi connectivity index (χ2n) is 29.7. The molecule has 10 rings (SSSR count). The first-order valence-corrected chi connectivity index (χ1v) is 35.6. The number of carbonyl (C=O) groups is 6. The van der Waals surface area contributed by atoms with Crippen LogP contribution in [0, 0.1) is 36.5 Å². The van der Waals surface area contributed by atoms with Crippen LogP contribution in [0.25, 0.3) is 0 Å². The van der Waals surface area contributed by atoms with Gasteiger partial charge in [0.25, 0.3) is 16.7 Å². The largest absolute Gasteiger partial charge is 0.481 e. The number of aliphatic carboxylic acids is 3. The van der Waals surface area contributed by atoms with Gasteiger partial charge in [-0.2, -0.15) is 0 Å². The first-order valence-electron chi connectivity index (χ1n) is 35.6. The summed E-state index contributed by atoms with van der Waals surface area (Å²) in [5.74, 6) is -3.83. The molecule has 6 aromatic heterocycles. The zero-order valence-corrected chi connectivity index (χ0v) is 59.5. The van der Waals surface area contributed by atoms with Crippen LogP contribution in [0.5, 0.6) is 0 Å². The van der Waals surface area contributed by atoms with E-state index in [0.717, 1.165) is 42.6 Å². The normalized spacial score (nSPS) is 21.1. The summed E-state index contributed by atoms with van der Waals surface area (Å²) < 4.78 is 10.6. The van der Waals surface area contributed by atoms with Gasteiger partial charge in [0.2, 0.25) is 17.7 Å². The summed E-state index contributed by atoms with van der Waals surface area (Å²) in [5.41, 5.74) is 3.71. The molecule has 1 saturated carbocycles. The number of aromatic nitrogens is 6. The average Bonchev–Trinajstić information content (AvgIpc) is 1.67. The highest BCUT2D eigenvalue weighted by atomic mass is 16.5. The molecule has 3 saturated heterocycles. The summed E-state index contributed by atoms with van der Waals surface area (Å²) in [6.45, 7) is 21.4. The summed E-state index contributed by atoms with van der Waals surface area (Å²) in [7, 11) is 0. The highest BCUT2D eigenvalue weighted by molar-refractivity contribution is 5.83. The van der Waals surface area contributed by atoms with Crippen molar-refractivity contribution in [1.29, 1.82) is 0 Å². The lowest BCUT2D eigenvalue weighted by Gasteiger charge is -2.38. The van der Waals surface area contributed by atoms with Gasteiger partial charge in [0.15, 0.2) is 0 Å². The lowest BCUT2D eigenvalue weighted by atomic mass is 9.86. The number of pyridine rings is 6. The third-order valence-electron chi connectivity index (χ3n) is 20.2. The Balaban J connectivity index is 0.833. The number of nitrogens with one attached hydrogen (secondary N) is 3. The number of aryl methyl sites for hydroxylation is 1. The molecular formula is C76H98N12O13. The fourth-order valence-corrected chi connectivity index (χ4v) is 15.1. The topological polar surface area (TPSA) is 323 Å². The second-order valence-corrected chi connectivity index (χ2v) is 29.7. The summed E-state index contributed by atoms with van der Waals surface area (Å²) >= 11 is 0. The molecule has 540 valence electrons. The van der Waals surface area contributed by atoms with Crippen LogP contribution in [0.3, 0.4) is 0 Å². The molecule has 3 aliphatic heterocycles. The van der Waals surface area contributed by atoms with E-state index in [4.69, 9.17) is 4.74 Å². The maximum absolute atomic E-state index is 14.8. The highest BCUT2D eigenvalue weighted by Crippen LogP contribution is 2.49. The van der Waals surface area contributed by atoms with Crippen LogP contribution < -0.4 is 47.3 Å². The number of nitrogens with zero attached hydrogens (tertiary/aromatic N) is 9. The molecule has 6 N–H and O–H groups in total. The molecule has 6 aromatic rings. The lowest BCUT2D eigenvalue weighted by Crippen LogP contribution is -2.44. The van der Waals surface area contributed by atoms with Crippen molar-refractivity contribution in [2.75, 3.05) is 40.9 Å². The fraction of sp³-hybridized carbons (Fsp3) is 0.526. The van der Waals surface area contributed by atoms with Crippen LogP contribution in [-0.2, 0) is 33.5 Å². The molecule has 9 heterocycles. The Kier molecular flexibility index (Phi) is 23.8. The zero-order valence-electron chi connectivity index (χ0n) is 59.5. The van der Waals surface area contributed by atoms with Crippen LogP contribution in [0.1, 0.15) is 208 Å². The Morgan fingerprint density at radius 3 is 1.43 bits per heavy atom. The first-order chi connectivity index (χ1) is 48.1.